The molecule has 1 unspecified atom stereocenters. The molecule has 0 amide bonds. The summed E-state index contributed by atoms with van der Waals surface area (Å²) in [4.78, 5) is 8.84. The van der Waals surface area contributed by atoms with Gasteiger partial charge in [-0.25, -0.2) is 0 Å². The van der Waals surface area contributed by atoms with Crippen LogP contribution in [0.15, 0.2) is 16.7 Å². The van der Waals surface area contributed by atoms with E-state index in [9.17, 15) is 0 Å². The lowest BCUT2D eigenvalue weighted by atomic mass is 10.2. The van der Waals surface area contributed by atoms with Gasteiger partial charge in [-0.3, -0.25) is 4.98 Å². The first-order valence-corrected chi connectivity index (χ1v) is 6.33. The molecule has 2 aromatic heterocycles. The van der Waals surface area contributed by atoms with Crippen LogP contribution in [0.3, 0.4) is 0 Å². The van der Waals surface area contributed by atoms with Crippen molar-refractivity contribution >= 4 is 0 Å². The number of morpholine rings is 1. The number of hydrogen-bond acceptors (Lipinski definition) is 6. The molecule has 6 heteroatoms. The van der Waals surface area contributed by atoms with E-state index >= 15 is 0 Å². The van der Waals surface area contributed by atoms with Gasteiger partial charge in [-0.1, -0.05) is 5.16 Å². The average molecular weight is 260 g/mol. The van der Waals surface area contributed by atoms with Crippen LogP contribution >= 0.6 is 0 Å². The van der Waals surface area contributed by atoms with E-state index in [0.717, 1.165) is 30.1 Å². The molecule has 0 radical (unpaired) electrons. The zero-order valence-electron chi connectivity index (χ0n) is 11.0. The Kier molecular flexibility index (Phi) is 3.27. The molecule has 3 heterocycles. The lowest BCUT2D eigenvalue weighted by Gasteiger charge is -2.20. The van der Waals surface area contributed by atoms with Gasteiger partial charge in [-0.15, -0.1) is 0 Å². The quantitative estimate of drug-likeness (QED) is 0.880. The van der Waals surface area contributed by atoms with Crippen molar-refractivity contribution in [2.75, 3.05) is 19.8 Å². The molecule has 0 spiro atoms. The molecule has 0 saturated carbocycles. The first-order chi connectivity index (χ1) is 9.24. The molecule has 0 aliphatic carbocycles. The van der Waals surface area contributed by atoms with E-state index in [1.54, 1.807) is 0 Å². The minimum absolute atomic E-state index is 0.00460. The first-order valence-electron chi connectivity index (χ1n) is 6.33. The predicted octanol–water partition coefficient (Wildman–Crippen LogP) is 1.41. The van der Waals surface area contributed by atoms with Crippen LogP contribution < -0.4 is 5.32 Å². The summed E-state index contributed by atoms with van der Waals surface area (Å²) >= 11 is 0. The zero-order chi connectivity index (χ0) is 13.2. The maximum absolute atomic E-state index is 5.39. The maximum Gasteiger partial charge on any atom is 0.259 e. The summed E-state index contributed by atoms with van der Waals surface area (Å²) in [6.45, 7) is 6.00. The average Bonchev–Trinajstić information content (AvgIpc) is 2.89. The number of aromatic nitrogens is 3. The lowest BCUT2D eigenvalue weighted by Crippen LogP contribution is -2.35. The lowest BCUT2D eigenvalue weighted by molar-refractivity contribution is 0.0734. The van der Waals surface area contributed by atoms with E-state index in [-0.39, 0.29) is 6.04 Å². The molecule has 1 fully saturated rings. The Morgan fingerprint density at radius 1 is 1.26 bits per heavy atom. The second kappa shape index (κ2) is 5.07. The smallest absolute Gasteiger partial charge is 0.259 e. The van der Waals surface area contributed by atoms with Crippen LogP contribution in [-0.4, -0.2) is 34.9 Å². The Balaban J connectivity index is 1.87. The van der Waals surface area contributed by atoms with Gasteiger partial charge >= 0.3 is 0 Å². The molecule has 2 aromatic rings. The summed E-state index contributed by atoms with van der Waals surface area (Å²) in [6, 6.07) is 3.90. The van der Waals surface area contributed by atoms with Gasteiger partial charge in [-0.2, -0.15) is 4.98 Å². The van der Waals surface area contributed by atoms with E-state index in [1.807, 2.05) is 26.0 Å². The van der Waals surface area contributed by atoms with E-state index in [0.29, 0.717) is 18.3 Å². The largest absolute Gasteiger partial charge is 0.378 e. The Morgan fingerprint density at radius 2 is 2.16 bits per heavy atom. The Morgan fingerprint density at radius 3 is 2.89 bits per heavy atom. The molecular formula is C13H16N4O2. The van der Waals surface area contributed by atoms with Gasteiger partial charge in [0.25, 0.3) is 5.89 Å². The molecule has 1 saturated heterocycles. The van der Waals surface area contributed by atoms with Gasteiger partial charge in [0.15, 0.2) is 5.82 Å². The van der Waals surface area contributed by atoms with Crippen LogP contribution in [0, 0.1) is 13.8 Å². The zero-order valence-corrected chi connectivity index (χ0v) is 11.0. The van der Waals surface area contributed by atoms with E-state index in [1.165, 1.54) is 0 Å². The standard InChI is InChI=1S/C13H16N4O2/c1-8-3-4-10(9(2)15-8)13-16-12(17-19-13)11-7-18-6-5-14-11/h3-4,11,14H,5-7H2,1-2H3. The fraction of sp³-hybridized carbons (Fsp3) is 0.462. The van der Waals surface area contributed by atoms with Crippen LogP contribution in [0.2, 0.25) is 0 Å². The number of nitrogens with one attached hydrogen (secondary N) is 1. The van der Waals surface area contributed by atoms with Gasteiger partial charge in [0.05, 0.1) is 30.5 Å². The van der Waals surface area contributed by atoms with Gasteiger partial charge in [0, 0.05) is 12.2 Å². The Labute approximate surface area is 111 Å². The van der Waals surface area contributed by atoms with E-state index in [4.69, 9.17) is 9.26 Å². The Bertz CT molecular complexity index is 576. The number of ether oxygens (including phenoxy) is 1. The minimum atomic E-state index is 0.00460. The molecule has 1 N–H and O–H groups in total. The van der Waals surface area contributed by atoms with Crippen LogP contribution in [0.1, 0.15) is 23.3 Å². The van der Waals surface area contributed by atoms with Crippen molar-refractivity contribution in [2.24, 2.45) is 0 Å². The summed E-state index contributed by atoms with van der Waals surface area (Å²) in [6.07, 6.45) is 0. The molecule has 0 bridgehead atoms. The molecule has 19 heavy (non-hydrogen) atoms. The van der Waals surface area contributed by atoms with Crippen LogP contribution in [0.4, 0.5) is 0 Å². The van der Waals surface area contributed by atoms with E-state index in [2.05, 4.69) is 20.4 Å². The van der Waals surface area contributed by atoms with Gasteiger partial charge in [0.1, 0.15) is 0 Å². The second-order valence-corrected chi connectivity index (χ2v) is 4.62. The van der Waals surface area contributed by atoms with Gasteiger partial charge in [-0.05, 0) is 26.0 Å². The third-order valence-corrected chi connectivity index (χ3v) is 3.13. The first kappa shape index (κ1) is 12.3. The predicted molar refractivity (Wildman–Crippen MR) is 68.6 cm³/mol. The number of hydrogen-bond donors (Lipinski definition) is 1. The maximum atomic E-state index is 5.39. The fourth-order valence-corrected chi connectivity index (χ4v) is 2.13. The molecule has 3 rings (SSSR count). The fourth-order valence-electron chi connectivity index (χ4n) is 2.13. The number of aryl methyl sites for hydroxylation is 2. The highest BCUT2D eigenvalue weighted by atomic mass is 16.5. The summed E-state index contributed by atoms with van der Waals surface area (Å²) in [5, 5.41) is 7.32. The normalized spacial score (nSPS) is 19.6. The summed E-state index contributed by atoms with van der Waals surface area (Å²) in [5.74, 6) is 1.14. The summed E-state index contributed by atoms with van der Waals surface area (Å²) < 4.78 is 10.7. The highest BCUT2D eigenvalue weighted by molar-refractivity contribution is 5.55. The van der Waals surface area contributed by atoms with Crippen molar-refractivity contribution in [1.82, 2.24) is 20.4 Å². The van der Waals surface area contributed by atoms with Crippen molar-refractivity contribution in [3.8, 4) is 11.5 Å². The number of pyridine rings is 1. The minimum Gasteiger partial charge on any atom is -0.378 e. The van der Waals surface area contributed by atoms with Crippen molar-refractivity contribution in [3.63, 3.8) is 0 Å². The number of nitrogens with zero attached hydrogens (tertiary/aromatic N) is 3. The molecule has 1 aliphatic rings. The summed E-state index contributed by atoms with van der Waals surface area (Å²) in [5.41, 5.74) is 2.74. The van der Waals surface area contributed by atoms with Crippen molar-refractivity contribution < 1.29 is 9.26 Å². The van der Waals surface area contributed by atoms with Gasteiger partial charge < -0.3 is 14.6 Å². The van der Waals surface area contributed by atoms with Crippen LogP contribution in [0.25, 0.3) is 11.5 Å². The monoisotopic (exact) mass is 260 g/mol. The van der Waals surface area contributed by atoms with Crippen LogP contribution in [-0.2, 0) is 4.74 Å². The highest BCUT2D eigenvalue weighted by Crippen LogP contribution is 2.22. The molecule has 1 aliphatic heterocycles. The third kappa shape index (κ3) is 2.50. The molecule has 0 aromatic carbocycles. The SMILES string of the molecule is Cc1ccc(-c2nc(C3COCCN3)no2)c(C)n1. The molecular weight excluding hydrogens is 244 g/mol. The van der Waals surface area contributed by atoms with Crippen molar-refractivity contribution in [3.05, 3.63) is 29.3 Å². The second-order valence-electron chi connectivity index (χ2n) is 4.62. The van der Waals surface area contributed by atoms with Gasteiger partial charge in [0.2, 0.25) is 0 Å². The highest BCUT2D eigenvalue weighted by Gasteiger charge is 2.22. The third-order valence-electron chi connectivity index (χ3n) is 3.13. The van der Waals surface area contributed by atoms with Crippen molar-refractivity contribution in [1.29, 1.82) is 0 Å². The number of rotatable bonds is 2. The van der Waals surface area contributed by atoms with Crippen molar-refractivity contribution in [2.45, 2.75) is 19.9 Å². The molecule has 1 atom stereocenters. The summed E-state index contributed by atoms with van der Waals surface area (Å²) in [7, 11) is 0. The van der Waals surface area contributed by atoms with E-state index < -0.39 is 0 Å². The topological polar surface area (TPSA) is 73.1 Å². The molecule has 6 nitrogen and oxygen atoms in total. The van der Waals surface area contributed by atoms with Crippen LogP contribution in [0.5, 0.6) is 0 Å². The Hall–Kier alpha value is -1.79. The molecule has 100 valence electrons.